The first kappa shape index (κ1) is 16.6. The van der Waals surface area contributed by atoms with E-state index < -0.39 is 5.97 Å². The Morgan fingerprint density at radius 1 is 1.23 bits per heavy atom. The maximum atomic E-state index is 12.3. The average Bonchev–Trinajstić information content (AvgIpc) is 2.79. The van der Waals surface area contributed by atoms with Gasteiger partial charge >= 0.3 is 5.97 Å². The second-order valence-corrected chi connectivity index (χ2v) is 7.21. The summed E-state index contributed by atoms with van der Waals surface area (Å²) in [6, 6.07) is 7.60. The van der Waals surface area contributed by atoms with Crippen LogP contribution in [0, 0.1) is 12.8 Å². The third-order valence-corrected chi connectivity index (χ3v) is 3.80. The fourth-order valence-electron chi connectivity index (χ4n) is 2.62. The molecule has 1 heterocycles. The quantitative estimate of drug-likeness (QED) is 0.625. The normalized spacial score (nSPS) is 14.8. The molecule has 0 aliphatic heterocycles. The number of rotatable bonds is 5. The van der Waals surface area contributed by atoms with Crippen molar-refractivity contribution in [3.8, 4) is 0 Å². The van der Waals surface area contributed by atoms with E-state index in [4.69, 9.17) is 9.15 Å². The highest BCUT2D eigenvalue weighted by Crippen LogP contribution is 2.22. The molecule has 0 aliphatic carbocycles. The van der Waals surface area contributed by atoms with Crippen LogP contribution in [0.1, 0.15) is 30.0 Å². The van der Waals surface area contributed by atoms with Gasteiger partial charge in [-0.3, -0.25) is 0 Å². The van der Waals surface area contributed by atoms with Crippen LogP contribution in [0.25, 0.3) is 11.0 Å². The monoisotopic (exact) mass is 304 g/mol. The zero-order chi connectivity index (χ0) is 16.5. The lowest BCUT2D eigenvalue weighted by Gasteiger charge is -2.30. The highest BCUT2D eigenvalue weighted by atomic mass is 16.6. The van der Waals surface area contributed by atoms with Gasteiger partial charge in [-0.05, 0) is 32.0 Å². The molecule has 0 amide bonds. The van der Waals surface area contributed by atoms with Gasteiger partial charge in [0.25, 0.3) is 0 Å². The number of nitrogens with zero attached hydrogens (tertiary/aromatic N) is 1. The van der Waals surface area contributed by atoms with E-state index in [1.165, 1.54) is 0 Å². The topological polar surface area (TPSA) is 39.4 Å². The summed E-state index contributed by atoms with van der Waals surface area (Å²) in [6.07, 6.45) is -0.153. The number of furan rings is 1. The number of fused-ring (bicyclic) bond motifs is 1. The Balaban J connectivity index is 2.07. The summed E-state index contributed by atoms with van der Waals surface area (Å²) in [6.45, 7) is 6.99. The maximum absolute atomic E-state index is 12.3. The summed E-state index contributed by atoms with van der Waals surface area (Å²) in [5.74, 6) is 0.148. The molecule has 2 aromatic rings. The molecule has 0 bridgehead atoms. The molecular formula is C18H26NO3+. The van der Waals surface area contributed by atoms with Crippen molar-refractivity contribution in [2.75, 3.05) is 27.7 Å². The Morgan fingerprint density at radius 3 is 2.55 bits per heavy atom. The first-order valence-corrected chi connectivity index (χ1v) is 7.67. The predicted molar refractivity (Wildman–Crippen MR) is 87.9 cm³/mol. The third-order valence-electron chi connectivity index (χ3n) is 3.80. The van der Waals surface area contributed by atoms with Gasteiger partial charge in [0, 0.05) is 11.3 Å². The van der Waals surface area contributed by atoms with Gasteiger partial charge in [-0.15, -0.1) is 0 Å². The molecule has 0 aliphatic rings. The second-order valence-electron chi connectivity index (χ2n) is 7.21. The highest BCUT2D eigenvalue weighted by molar-refractivity contribution is 5.92. The highest BCUT2D eigenvalue weighted by Gasteiger charge is 2.24. The van der Waals surface area contributed by atoms with Crippen molar-refractivity contribution in [2.24, 2.45) is 5.92 Å². The number of benzene rings is 1. The Hall–Kier alpha value is -1.81. The summed E-state index contributed by atoms with van der Waals surface area (Å²) in [5, 5.41) is 0.930. The van der Waals surface area contributed by atoms with Crippen LogP contribution in [0.5, 0.6) is 0 Å². The molecule has 22 heavy (non-hydrogen) atoms. The SMILES string of the molecule is Cc1ccc2oc(C(=O)O[C@H](C)[C@@H](C)C[N+](C)(C)C)cc2c1. The molecule has 0 saturated carbocycles. The number of carbonyl (C=O) groups is 1. The van der Waals surface area contributed by atoms with Crippen molar-refractivity contribution in [1.82, 2.24) is 0 Å². The molecule has 0 unspecified atom stereocenters. The van der Waals surface area contributed by atoms with E-state index in [0.717, 1.165) is 22.0 Å². The molecule has 4 nitrogen and oxygen atoms in total. The molecule has 0 N–H and O–H groups in total. The molecule has 0 fully saturated rings. The van der Waals surface area contributed by atoms with E-state index in [9.17, 15) is 4.79 Å². The van der Waals surface area contributed by atoms with Crippen molar-refractivity contribution in [2.45, 2.75) is 26.9 Å². The van der Waals surface area contributed by atoms with Crippen LogP contribution < -0.4 is 0 Å². The molecule has 2 atom stereocenters. The molecule has 0 radical (unpaired) electrons. The van der Waals surface area contributed by atoms with Crippen molar-refractivity contribution in [1.29, 1.82) is 0 Å². The summed E-state index contributed by atoms with van der Waals surface area (Å²) >= 11 is 0. The van der Waals surface area contributed by atoms with Crippen LogP contribution in [0.15, 0.2) is 28.7 Å². The Kier molecular flexibility index (Phi) is 4.61. The van der Waals surface area contributed by atoms with Crippen LogP contribution in [0.3, 0.4) is 0 Å². The summed E-state index contributed by atoms with van der Waals surface area (Å²) in [5.41, 5.74) is 1.85. The fourth-order valence-corrected chi connectivity index (χ4v) is 2.62. The summed E-state index contributed by atoms with van der Waals surface area (Å²) in [4.78, 5) is 12.3. The van der Waals surface area contributed by atoms with Crippen LogP contribution in [0.4, 0.5) is 0 Å². The van der Waals surface area contributed by atoms with Crippen LogP contribution in [-0.4, -0.2) is 44.2 Å². The van der Waals surface area contributed by atoms with E-state index in [0.29, 0.717) is 5.58 Å². The maximum Gasteiger partial charge on any atom is 0.374 e. The lowest BCUT2D eigenvalue weighted by atomic mass is 10.1. The molecule has 120 valence electrons. The van der Waals surface area contributed by atoms with Gasteiger partial charge in [0.1, 0.15) is 11.7 Å². The van der Waals surface area contributed by atoms with Crippen LogP contribution >= 0.6 is 0 Å². The standard InChI is InChI=1S/C18H26NO3/c1-12-7-8-16-15(9-12)10-17(22-16)18(20)21-14(3)13(2)11-19(4,5)6/h7-10,13-14H,11H2,1-6H3/q+1/t13-,14+/m0/s1. The minimum Gasteiger partial charge on any atom is -0.456 e. The molecule has 2 rings (SSSR count). The van der Waals surface area contributed by atoms with E-state index in [1.54, 1.807) is 6.07 Å². The first-order valence-electron chi connectivity index (χ1n) is 7.67. The number of aryl methyl sites for hydroxylation is 1. The van der Waals surface area contributed by atoms with Gasteiger partial charge in [-0.1, -0.05) is 18.6 Å². The minimum absolute atomic E-state index is 0.153. The summed E-state index contributed by atoms with van der Waals surface area (Å²) in [7, 11) is 6.39. The fraction of sp³-hybridized carbons (Fsp3) is 0.500. The van der Waals surface area contributed by atoms with Crippen molar-refractivity contribution in [3.05, 3.63) is 35.6 Å². The van der Waals surface area contributed by atoms with E-state index >= 15 is 0 Å². The number of esters is 1. The Morgan fingerprint density at radius 2 is 1.91 bits per heavy atom. The van der Waals surface area contributed by atoms with Gasteiger partial charge in [-0.25, -0.2) is 4.79 Å². The molecule has 4 heteroatoms. The zero-order valence-corrected chi connectivity index (χ0v) is 14.3. The van der Waals surface area contributed by atoms with E-state index in [-0.39, 0.29) is 17.8 Å². The Bertz CT molecular complexity index is 667. The van der Waals surface area contributed by atoms with E-state index in [2.05, 4.69) is 28.1 Å². The van der Waals surface area contributed by atoms with E-state index in [1.807, 2.05) is 32.0 Å². The van der Waals surface area contributed by atoms with Crippen molar-refractivity contribution >= 4 is 16.9 Å². The molecule has 1 aromatic heterocycles. The lowest BCUT2D eigenvalue weighted by Crippen LogP contribution is -2.42. The number of hydrogen-bond acceptors (Lipinski definition) is 3. The number of carbonyl (C=O) groups excluding carboxylic acids is 1. The number of ether oxygens (including phenoxy) is 1. The minimum atomic E-state index is -0.394. The molecule has 0 saturated heterocycles. The largest absolute Gasteiger partial charge is 0.456 e. The zero-order valence-electron chi connectivity index (χ0n) is 14.3. The van der Waals surface area contributed by atoms with Gasteiger partial charge in [-0.2, -0.15) is 0 Å². The smallest absolute Gasteiger partial charge is 0.374 e. The second kappa shape index (κ2) is 6.13. The third kappa shape index (κ3) is 4.10. The average molecular weight is 304 g/mol. The number of hydrogen-bond donors (Lipinski definition) is 0. The molecular weight excluding hydrogens is 278 g/mol. The molecule has 0 spiro atoms. The van der Waals surface area contributed by atoms with Crippen LogP contribution in [-0.2, 0) is 4.74 Å². The van der Waals surface area contributed by atoms with Crippen molar-refractivity contribution < 1.29 is 18.4 Å². The lowest BCUT2D eigenvalue weighted by molar-refractivity contribution is -0.874. The molecule has 1 aromatic carbocycles. The predicted octanol–water partition coefficient (Wildman–Crippen LogP) is 3.63. The van der Waals surface area contributed by atoms with Crippen LogP contribution in [0.2, 0.25) is 0 Å². The van der Waals surface area contributed by atoms with Crippen molar-refractivity contribution in [3.63, 3.8) is 0 Å². The number of quaternary nitrogens is 1. The van der Waals surface area contributed by atoms with Gasteiger partial charge in [0.2, 0.25) is 5.76 Å². The first-order chi connectivity index (χ1) is 10.2. The van der Waals surface area contributed by atoms with Gasteiger partial charge in [0.05, 0.1) is 27.7 Å². The Labute approximate surface area is 132 Å². The van der Waals surface area contributed by atoms with Gasteiger partial charge in [0.15, 0.2) is 0 Å². The van der Waals surface area contributed by atoms with Gasteiger partial charge < -0.3 is 13.6 Å². The summed E-state index contributed by atoms with van der Waals surface area (Å²) < 4.78 is 12.0.